The third kappa shape index (κ3) is 8.65. The summed E-state index contributed by atoms with van der Waals surface area (Å²) in [5, 5.41) is 0.586. The third-order valence-electron chi connectivity index (χ3n) is 5.03. The zero-order chi connectivity index (χ0) is 23.3. The maximum Gasteiger partial charge on any atom is 0.344 e. The van der Waals surface area contributed by atoms with Crippen molar-refractivity contribution in [2.24, 2.45) is 0 Å². The highest BCUT2D eigenvalue weighted by Crippen LogP contribution is 2.34. The monoisotopic (exact) mass is 498 g/mol. The molecule has 0 aliphatic carbocycles. The number of carbonyl (C=O) groups excluding carboxylic acids is 2. The van der Waals surface area contributed by atoms with Crippen LogP contribution >= 0.6 is 34.8 Å². The van der Waals surface area contributed by atoms with Crippen molar-refractivity contribution in [3.05, 3.63) is 62.6 Å². The van der Waals surface area contributed by atoms with Crippen LogP contribution in [-0.2, 0) is 4.74 Å². The zero-order valence-electron chi connectivity index (χ0n) is 18.3. The van der Waals surface area contributed by atoms with Gasteiger partial charge in [0, 0.05) is 6.07 Å². The Hall–Kier alpha value is -1.75. The minimum atomic E-state index is -0.735. The average molecular weight is 500 g/mol. The van der Waals surface area contributed by atoms with E-state index in [9.17, 15) is 9.59 Å². The number of ether oxygens (including phenoxy) is 2. The molecule has 0 aliphatic heterocycles. The quantitative estimate of drug-likeness (QED) is 0.120. The zero-order valence-corrected chi connectivity index (χ0v) is 20.6. The van der Waals surface area contributed by atoms with Crippen LogP contribution in [0.25, 0.3) is 0 Å². The Labute approximate surface area is 205 Å². The molecule has 0 N–H and O–H groups in total. The molecular formula is C25H29Cl3O4. The first-order valence-electron chi connectivity index (χ1n) is 11.1. The summed E-state index contributed by atoms with van der Waals surface area (Å²) >= 11 is 17.9. The van der Waals surface area contributed by atoms with Crippen LogP contribution in [0.2, 0.25) is 15.1 Å². The van der Waals surface area contributed by atoms with Gasteiger partial charge in [0.1, 0.15) is 0 Å². The summed E-state index contributed by atoms with van der Waals surface area (Å²) in [6.45, 7) is 2.53. The molecule has 174 valence electrons. The third-order valence-corrected chi connectivity index (χ3v) is 6.04. The van der Waals surface area contributed by atoms with Gasteiger partial charge in [-0.25, -0.2) is 9.59 Å². The Morgan fingerprint density at radius 2 is 1.25 bits per heavy atom. The molecule has 32 heavy (non-hydrogen) atoms. The van der Waals surface area contributed by atoms with Crippen LogP contribution in [0.5, 0.6) is 5.75 Å². The predicted octanol–water partition coefficient (Wildman–Crippen LogP) is 8.55. The summed E-state index contributed by atoms with van der Waals surface area (Å²) in [6, 6.07) is 9.09. The first-order valence-corrected chi connectivity index (χ1v) is 12.2. The van der Waals surface area contributed by atoms with Crippen molar-refractivity contribution >= 4 is 46.7 Å². The SMILES string of the molecule is CCCCCCCCCCCOC(=O)c1ccccc1C(=O)Oc1cc(Cl)c(Cl)cc1Cl. The lowest BCUT2D eigenvalue weighted by Gasteiger charge is -2.11. The summed E-state index contributed by atoms with van der Waals surface area (Å²) in [5.74, 6) is -1.23. The fraction of sp³-hybridized carbons (Fsp3) is 0.440. The van der Waals surface area contributed by atoms with Crippen molar-refractivity contribution in [1.82, 2.24) is 0 Å². The smallest absolute Gasteiger partial charge is 0.344 e. The van der Waals surface area contributed by atoms with Gasteiger partial charge >= 0.3 is 11.9 Å². The van der Waals surface area contributed by atoms with E-state index in [1.807, 2.05) is 0 Å². The van der Waals surface area contributed by atoms with Gasteiger partial charge in [-0.15, -0.1) is 0 Å². The number of carbonyl (C=O) groups is 2. The molecule has 0 spiro atoms. The Morgan fingerprint density at radius 1 is 0.719 bits per heavy atom. The van der Waals surface area contributed by atoms with Gasteiger partial charge in [0.05, 0.1) is 32.8 Å². The molecule has 0 heterocycles. The van der Waals surface area contributed by atoms with Gasteiger partial charge < -0.3 is 9.47 Å². The summed E-state index contributed by atoms with van der Waals surface area (Å²) in [4.78, 5) is 25.2. The molecular weight excluding hydrogens is 471 g/mol. The van der Waals surface area contributed by atoms with Crippen LogP contribution in [0, 0.1) is 0 Å². The molecule has 2 rings (SSSR count). The van der Waals surface area contributed by atoms with E-state index in [-0.39, 0.29) is 31.9 Å². The van der Waals surface area contributed by atoms with Crippen LogP contribution in [0.4, 0.5) is 0 Å². The van der Waals surface area contributed by atoms with Crippen LogP contribution in [-0.4, -0.2) is 18.5 Å². The van der Waals surface area contributed by atoms with Gasteiger partial charge in [-0.3, -0.25) is 0 Å². The number of benzene rings is 2. The minimum absolute atomic E-state index is 0.0592. The van der Waals surface area contributed by atoms with Crippen LogP contribution in [0.15, 0.2) is 36.4 Å². The maximum absolute atomic E-state index is 12.7. The largest absolute Gasteiger partial charge is 0.462 e. The van der Waals surface area contributed by atoms with Gasteiger partial charge in [-0.1, -0.05) is 105 Å². The molecule has 0 saturated heterocycles. The number of rotatable bonds is 13. The molecule has 0 unspecified atom stereocenters. The van der Waals surface area contributed by atoms with E-state index < -0.39 is 11.9 Å². The first-order chi connectivity index (χ1) is 15.4. The summed E-state index contributed by atoms with van der Waals surface area (Å²) in [7, 11) is 0. The fourth-order valence-electron chi connectivity index (χ4n) is 3.23. The van der Waals surface area contributed by atoms with Crippen molar-refractivity contribution in [1.29, 1.82) is 0 Å². The van der Waals surface area contributed by atoms with E-state index in [1.165, 1.54) is 62.8 Å². The minimum Gasteiger partial charge on any atom is -0.462 e. The molecule has 0 aliphatic rings. The van der Waals surface area contributed by atoms with E-state index in [4.69, 9.17) is 44.3 Å². The van der Waals surface area contributed by atoms with Gasteiger partial charge in [0.15, 0.2) is 5.75 Å². The number of halogens is 3. The molecule has 7 heteroatoms. The molecule has 4 nitrogen and oxygen atoms in total. The predicted molar refractivity (Wildman–Crippen MR) is 130 cm³/mol. The highest BCUT2D eigenvalue weighted by atomic mass is 35.5. The molecule has 0 radical (unpaired) electrons. The highest BCUT2D eigenvalue weighted by molar-refractivity contribution is 6.43. The lowest BCUT2D eigenvalue weighted by Crippen LogP contribution is -2.16. The lowest BCUT2D eigenvalue weighted by atomic mass is 10.1. The lowest BCUT2D eigenvalue weighted by molar-refractivity contribution is 0.0489. The van der Waals surface area contributed by atoms with Crippen molar-refractivity contribution in [2.75, 3.05) is 6.61 Å². The van der Waals surface area contributed by atoms with E-state index in [0.717, 1.165) is 19.3 Å². The molecule has 0 bridgehead atoms. The molecule has 2 aromatic carbocycles. The van der Waals surface area contributed by atoms with Crippen molar-refractivity contribution in [3.8, 4) is 5.75 Å². The van der Waals surface area contributed by atoms with Crippen LogP contribution in [0.3, 0.4) is 0 Å². The van der Waals surface area contributed by atoms with Crippen LogP contribution < -0.4 is 4.74 Å². The topological polar surface area (TPSA) is 52.6 Å². The Morgan fingerprint density at radius 3 is 1.88 bits per heavy atom. The molecule has 0 amide bonds. The van der Waals surface area contributed by atoms with Crippen molar-refractivity contribution in [3.63, 3.8) is 0 Å². The Kier molecular flexibility index (Phi) is 11.9. The van der Waals surface area contributed by atoms with Crippen molar-refractivity contribution in [2.45, 2.75) is 64.7 Å². The second kappa shape index (κ2) is 14.4. The van der Waals surface area contributed by atoms with Crippen LogP contribution in [0.1, 0.15) is 85.4 Å². The molecule has 0 atom stereocenters. The van der Waals surface area contributed by atoms with Crippen molar-refractivity contribution < 1.29 is 19.1 Å². The normalized spacial score (nSPS) is 10.8. The average Bonchev–Trinajstić information content (AvgIpc) is 2.78. The number of hydrogen-bond acceptors (Lipinski definition) is 4. The summed E-state index contributed by atoms with van der Waals surface area (Å²) in [6.07, 6.45) is 10.6. The Bertz CT molecular complexity index is 899. The highest BCUT2D eigenvalue weighted by Gasteiger charge is 2.21. The molecule has 0 saturated carbocycles. The van der Waals surface area contributed by atoms with Gasteiger partial charge in [-0.2, -0.15) is 0 Å². The standard InChI is InChI=1S/C25H29Cl3O4/c1-2-3-4-5-6-7-8-9-12-15-31-24(29)18-13-10-11-14-19(18)25(30)32-23-17-21(27)20(26)16-22(23)28/h10-11,13-14,16-17H,2-9,12,15H2,1H3. The fourth-order valence-corrected chi connectivity index (χ4v) is 3.81. The molecule has 0 fully saturated rings. The Balaban J connectivity index is 1.84. The van der Waals surface area contributed by atoms with E-state index in [1.54, 1.807) is 12.1 Å². The molecule has 2 aromatic rings. The first kappa shape index (κ1) is 26.5. The van der Waals surface area contributed by atoms with E-state index in [0.29, 0.717) is 6.61 Å². The molecule has 0 aromatic heterocycles. The number of esters is 2. The summed E-state index contributed by atoms with van der Waals surface area (Å²) < 4.78 is 10.7. The van der Waals surface area contributed by atoms with E-state index in [2.05, 4.69) is 6.92 Å². The van der Waals surface area contributed by atoms with Gasteiger partial charge in [-0.05, 0) is 24.6 Å². The maximum atomic E-state index is 12.7. The van der Waals surface area contributed by atoms with E-state index >= 15 is 0 Å². The summed E-state index contributed by atoms with van der Waals surface area (Å²) in [5.41, 5.74) is 0.233. The number of unbranched alkanes of at least 4 members (excludes halogenated alkanes) is 8. The number of hydrogen-bond donors (Lipinski definition) is 0. The van der Waals surface area contributed by atoms with Gasteiger partial charge in [0.25, 0.3) is 0 Å². The second-order valence-corrected chi connectivity index (χ2v) is 8.82. The van der Waals surface area contributed by atoms with Gasteiger partial charge in [0.2, 0.25) is 0 Å². The second-order valence-electron chi connectivity index (χ2n) is 7.60.